The first-order valence-corrected chi connectivity index (χ1v) is 8.22. The Morgan fingerprint density at radius 1 is 0.720 bits per heavy atom. The molecule has 4 N–H and O–H groups in total. The van der Waals surface area contributed by atoms with Crippen LogP contribution in [0.25, 0.3) is 12.2 Å². The van der Waals surface area contributed by atoms with Crippen molar-refractivity contribution in [1.29, 1.82) is 0 Å². The first kappa shape index (κ1) is 19.3. The van der Waals surface area contributed by atoms with E-state index < -0.39 is 18.6 Å². The average Bonchev–Trinajstić information content (AvgIpc) is 2.60. The van der Waals surface area contributed by atoms with Gasteiger partial charge in [-0.1, -0.05) is 47.5 Å². The highest BCUT2D eigenvalue weighted by atomic mass is 35.5. The molecule has 0 fully saturated rings. The fourth-order valence-electron chi connectivity index (χ4n) is 2.22. The van der Waals surface area contributed by atoms with Gasteiger partial charge in [-0.3, -0.25) is 0 Å². The Balaban J connectivity index is 2.41. The molecule has 2 aromatic rings. The van der Waals surface area contributed by atoms with Gasteiger partial charge in [-0.2, -0.15) is 0 Å². The summed E-state index contributed by atoms with van der Waals surface area (Å²) >= 11 is 11.6. The lowest BCUT2D eigenvalue weighted by Gasteiger charge is -2.28. The van der Waals surface area contributed by atoms with Crippen LogP contribution in [0.5, 0.6) is 0 Å². The van der Waals surface area contributed by atoms with Crippen LogP contribution in [0.2, 0.25) is 10.0 Å². The SMILES string of the molecule is OCC(CO)(C(O)=Cc1ccc(Cl)cc1)C(O)=Cc1ccc(Cl)cc1. The molecule has 0 saturated carbocycles. The Morgan fingerprint density at radius 2 is 1.04 bits per heavy atom. The van der Waals surface area contributed by atoms with Crippen LogP contribution in [-0.2, 0) is 0 Å². The molecule has 0 atom stereocenters. The van der Waals surface area contributed by atoms with Crippen molar-refractivity contribution in [2.24, 2.45) is 5.41 Å². The quantitative estimate of drug-likeness (QED) is 0.557. The monoisotopic (exact) mass is 380 g/mol. The molecule has 0 aromatic heterocycles. The van der Waals surface area contributed by atoms with Crippen LogP contribution in [0.3, 0.4) is 0 Å². The largest absolute Gasteiger partial charge is 0.511 e. The second-order valence-electron chi connectivity index (χ2n) is 5.56. The maximum Gasteiger partial charge on any atom is 0.130 e. The summed E-state index contributed by atoms with van der Waals surface area (Å²) in [6, 6.07) is 13.2. The molecule has 0 unspecified atom stereocenters. The number of aliphatic hydroxyl groups is 4. The summed E-state index contributed by atoms with van der Waals surface area (Å²) in [4.78, 5) is 0. The molecule has 2 rings (SSSR count). The number of hydrogen-bond donors (Lipinski definition) is 4. The molecule has 0 radical (unpaired) electrons. The van der Waals surface area contributed by atoms with Crippen LogP contribution in [0.15, 0.2) is 60.0 Å². The highest BCUT2D eigenvalue weighted by Gasteiger charge is 2.38. The van der Waals surface area contributed by atoms with E-state index in [-0.39, 0.29) is 11.5 Å². The summed E-state index contributed by atoms with van der Waals surface area (Å²) in [5.74, 6) is -0.745. The molecule has 0 spiro atoms. The van der Waals surface area contributed by atoms with E-state index in [1.807, 2.05) is 0 Å². The summed E-state index contributed by atoms with van der Waals surface area (Å²) in [6.07, 6.45) is 2.71. The Labute approximate surface area is 155 Å². The first-order valence-electron chi connectivity index (χ1n) is 7.46. The smallest absolute Gasteiger partial charge is 0.130 e. The van der Waals surface area contributed by atoms with Crippen molar-refractivity contribution >= 4 is 35.4 Å². The lowest BCUT2D eigenvalue weighted by molar-refractivity contribution is 0.0487. The molecule has 0 amide bonds. The van der Waals surface area contributed by atoms with E-state index in [2.05, 4.69) is 0 Å². The molecule has 0 aliphatic carbocycles. The van der Waals surface area contributed by atoms with Gasteiger partial charge in [-0.15, -0.1) is 0 Å². The third kappa shape index (κ3) is 4.55. The van der Waals surface area contributed by atoms with Crippen molar-refractivity contribution in [3.8, 4) is 0 Å². The lowest BCUT2D eigenvalue weighted by atomic mass is 9.83. The van der Waals surface area contributed by atoms with Crippen LogP contribution in [0.1, 0.15) is 11.1 Å². The zero-order valence-corrected chi connectivity index (χ0v) is 14.7. The van der Waals surface area contributed by atoms with Gasteiger partial charge in [-0.05, 0) is 47.5 Å². The third-order valence-corrected chi connectivity index (χ3v) is 4.37. The fourth-order valence-corrected chi connectivity index (χ4v) is 2.47. The second kappa shape index (κ2) is 8.41. The van der Waals surface area contributed by atoms with E-state index in [0.29, 0.717) is 21.2 Å². The van der Waals surface area contributed by atoms with Gasteiger partial charge in [0.1, 0.15) is 16.9 Å². The lowest BCUT2D eigenvalue weighted by Crippen LogP contribution is -2.34. The number of aliphatic hydroxyl groups excluding tert-OH is 4. The molecule has 4 nitrogen and oxygen atoms in total. The molecule has 6 heteroatoms. The normalized spacial score (nSPS) is 13.1. The topological polar surface area (TPSA) is 80.9 Å². The summed E-state index contributed by atoms with van der Waals surface area (Å²) in [5, 5.41) is 41.5. The summed E-state index contributed by atoms with van der Waals surface area (Å²) in [7, 11) is 0. The molecule has 0 bridgehead atoms. The number of halogens is 2. The van der Waals surface area contributed by atoms with Crippen LogP contribution in [0.4, 0.5) is 0 Å². The minimum Gasteiger partial charge on any atom is -0.511 e. The van der Waals surface area contributed by atoms with Gasteiger partial charge in [0.15, 0.2) is 0 Å². The molecule has 0 aliphatic rings. The standard InChI is InChI=1S/C19H18Cl2O4/c20-15-5-1-13(2-6-15)9-17(24)19(11-22,12-23)18(25)10-14-3-7-16(21)8-4-14/h1-10,22-25H,11-12H2. The Kier molecular flexibility index (Phi) is 6.51. The van der Waals surface area contributed by atoms with Crippen molar-refractivity contribution in [2.75, 3.05) is 13.2 Å². The van der Waals surface area contributed by atoms with Crippen molar-refractivity contribution < 1.29 is 20.4 Å². The maximum atomic E-state index is 10.5. The molecule has 0 aliphatic heterocycles. The maximum absolute atomic E-state index is 10.5. The summed E-state index contributed by atoms with van der Waals surface area (Å²) in [6.45, 7) is -1.37. The van der Waals surface area contributed by atoms with Gasteiger partial charge in [0.25, 0.3) is 0 Å². The molecule has 0 heterocycles. The van der Waals surface area contributed by atoms with E-state index in [9.17, 15) is 20.4 Å². The van der Waals surface area contributed by atoms with Gasteiger partial charge in [-0.25, -0.2) is 0 Å². The molecule has 132 valence electrons. The van der Waals surface area contributed by atoms with Gasteiger partial charge >= 0.3 is 0 Å². The molecule has 25 heavy (non-hydrogen) atoms. The van der Waals surface area contributed by atoms with E-state index in [1.54, 1.807) is 48.5 Å². The summed E-state index contributed by atoms with van der Waals surface area (Å²) < 4.78 is 0. The van der Waals surface area contributed by atoms with E-state index in [4.69, 9.17) is 23.2 Å². The van der Waals surface area contributed by atoms with Crippen LogP contribution < -0.4 is 0 Å². The van der Waals surface area contributed by atoms with Crippen molar-refractivity contribution in [3.05, 3.63) is 81.2 Å². The number of benzene rings is 2. The van der Waals surface area contributed by atoms with Crippen LogP contribution >= 0.6 is 23.2 Å². The van der Waals surface area contributed by atoms with Gasteiger partial charge in [0, 0.05) is 10.0 Å². The van der Waals surface area contributed by atoms with Crippen molar-refractivity contribution in [3.63, 3.8) is 0 Å². The van der Waals surface area contributed by atoms with Gasteiger partial charge in [0.2, 0.25) is 0 Å². The predicted octanol–water partition coefficient (Wildman–Crippen LogP) is 4.46. The number of rotatable bonds is 6. The van der Waals surface area contributed by atoms with Gasteiger partial charge < -0.3 is 20.4 Å². The van der Waals surface area contributed by atoms with E-state index in [1.165, 1.54) is 12.2 Å². The van der Waals surface area contributed by atoms with Crippen LogP contribution in [0, 0.1) is 5.41 Å². The Morgan fingerprint density at radius 3 is 1.32 bits per heavy atom. The minimum absolute atomic E-state index is 0.373. The highest BCUT2D eigenvalue weighted by molar-refractivity contribution is 6.30. The molecular formula is C19H18Cl2O4. The van der Waals surface area contributed by atoms with Crippen molar-refractivity contribution in [1.82, 2.24) is 0 Å². The highest BCUT2D eigenvalue weighted by Crippen LogP contribution is 2.34. The van der Waals surface area contributed by atoms with Crippen molar-refractivity contribution in [2.45, 2.75) is 0 Å². The van der Waals surface area contributed by atoms with Crippen LogP contribution in [-0.4, -0.2) is 33.6 Å². The number of hydrogen-bond acceptors (Lipinski definition) is 4. The summed E-state index contributed by atoms with van der Waals surface area (Å²) in [5.41, 5.74) is -0.515. The zero-order chi connectivity index (χ0) is 18.4. The second-order valence-corrected chi connectivity index (χ2v) is 6.43. The molecule has 2 aromatic carbocycles. The van der Waals surface area contributed by atoms with E-state index >= 15 is 0 Å². The Hall–Kier alpha value is -1.98. The Bertz CT molecular complexity index is 698. The molecule has 0 saturated heterocycles. The zero-order valence-electron chi connectivity index (χ0n) is 13.2. The average molecular weight is 381 g/mol. The minimum atomic E-state index is -1.72. The predicted molar refractivity (Wildman–Crippen MR) is 101 cm³/mol. The fraction of sp³-hybridized carbons (Fsp3) is 0.158. The van der Waals surface area contributed by atoms with E-state index in [0.717, 1.165) is 0 Å². The molecular weight excluding hydrogens is 363 g/mol. The van der Waals surface area contributed by atoms with Gasteiger partial charge in [0.05, 0.1) is 13.2 Å². The first-order chi connectivity index (χ1) is 11.9. The third-order valence-electron chi connectivity index (χ3n) is 3.87.